The van der Waals surface area contributed by atoms with E-state index in [0.717, 1.165) is 24.5 Å². The zero-order valence-electron chi connectivity index (χ0n) is 19.3. The minimum absolute atomic E-state index is 0.0873. The molecule has 2 aromatic rings. The topological polar surface area (TPSA) is 86.0 Å². The van der Waals surface area contributed by atoms with Gasteiger partial charge in [0.25, 0.3) is 0 Å². The lowest BCUT2D eigenvalue weighted by Crippen LogP contribution is -2.49. The third-order valence-electron chi connectivity index (χ3n) is 5.38. The van der Waals surface area contributed by atoms with Crippen LogP contribution < -0.4 is 15.5 Å². The van der Waals surface area contributed by atoms with Gasteiger partial charge in [0.15, 0.2) is 5.96 Å². The maximum Gasteiger partial charge on any atom is 0.224 e. The second-order valence-corrected chi connectivity index (χ2v) is 8.82. The van der Waals surface area contributed by atoms with Crippen LogP contribution in [0.3, 0.4) is 0 Å². The van der Waals surface area contributed by atoms with Crippen LogP contribution in [0, 0.1) is 5.82 Å². The first-order valence-electron chi connectivity index (χ1n) is 10.9. The number of rotatable bonds is 6. The first-order valence-corrected chi connectivity index (χ1v) is 10.9. The molecule has 2 N–H and O–H groups in total. The molecule has 2 heterocycles. The first kappa shape index (κ1) is 23.6. The Balaban J connectivity index is 1.37. The van der Waals surface area contributed by atoms with E-state index < -0.39 is 0 Å². The van der Waals surface area contributed by atoms with Crippen LogP contribution in [0.25, 0.3) is 0 Å². The number of guanidine groups is 1. The summed E-state index contributed by atoms with van der Waals surface area (Å²) in [4.78, 5) is 25.1. The number of oxazole rings is 1. The third kappa shape index (κ3) is 6.45. The van der Waals surface area contributed by atoms with Gasteiger partial charge in [0.2, 0.25) is 11.8 Å². The summed E-state index contributed by atoms with van der Waals surface area (Å²) < 4.78 is 18.9. The number of piperazine rings is 1. The van der Waals surface area contributed by atoms with Crippen molar-refractivity contribution in [1.82, 2.24) is 20.5 Å². The average molecular weight is 445 g/mol. The van der Waals surface area contributed by atoms with Gasteiger partial charge in [-0.05, 0) is 24.3 Å². The number of carbonyl (C=O) groups excluding carboxylic acids is 1. The fourth-order valence-corrected chi connectivity index (χ4v) is 3.43. The van der Waals surface area contributed by atoms with E-state index in [-0.39, 0.29) is 17.1 Å². The van der Waals surface area contributed by atoms with Crippen molar-refractivity contribution in [2.24, 2.45) is 4.99 Å². The van der Waals surface area contributed by atoms with Gasteiger partial charge in [-0.1, -0.05) is 20.8 Å². The highest BCUT2D eigenvalue weighted by molar-refractivity contribution is 5.81. The van der Waals surface area contributed by atoms with Crippen molar-refractivity contribution < 1.29 is 13.6 Å². The standard InChI is InChI=1S/C23H33FN6O2/c1-23(2,3)19-15-27-20(32-19)16-28-22(25-4)26-10-9-21(31)30-13-11-29(12-14-30)18-7-5-17(24)6-8-18/h5-8,15H,9-14,16H2,1-4H3,(H2,25,26,28). The molecule has 174 valence electrons. The van der Waals surface area contributed by atoms with Crippen molar-refractivity contribution in [2.45, 2.75) is 39.2 Å². The number of benzene rings is 1. The zero-order valence-corrected chi connectivity index (χ0v) is 19.3. The lowest BCUT2D eigenvalue weighted by molar-refractivity contribution is -0.131. The molecule has 1 aromatic carbocycles. The zero-order chi connectivity index (χ0) is 23.1. The van der Waals surface area contributed by atoms with E-state index in [1.807, 2.05) is 4.90 Å². The summed E-state index contributed by atoms with van der Waals surface area (Å²) in [6, 6.07) is 6.48. The van der Waals surface area contributed by atoms with Crippen molar-refractivity contribution in [3.05, 3.63) is 47.9 Å². The number of hydrogen-bond donors (Lipinski definition) is 2. The van der Waals surface area contributed by atoms with Crippen molar-refractivity contribution in [3.63, 3.8) is 0 Å². The van der Waals surface area contributed by atoms with Crippen LogP contribution in [-0.2, 0) is 16.8 Å². The number of aliphatic imine (C=N–C) groups is 1. The van der Waals surface area contributed by atoms with Crippen LogP contribution in [0.4, 0.5) is 10.1 Å². The van der Waals surface area contributed by atoms with Gasteiger partial charge in [0, 0.05) is 57.3 Å². The number of nitrogens with zero attached hydrogens (tertiary/aromatic N) is 4. The molecule has 0 spiro atoms. The summed E-state index contributed by atoms with van der Waals surface area (Å²) in [5.74, 6) is 1.88. The van der Waals surface area contributed by atoms with Gasteiger partial charge in [-0.15, -0.1) is 0 Å². The van der Waals surface area contributed by atoms with Crippen LogP contribution in [0.1, 0.15) is 38.8 Å². The molecule has 1 aliphatic heterocycles. The van der Waals surface area contributed by atoms with Crippen molar-refractivity contribution in [2.75, 3.05) is 44.7 Å². The van der Waals surface area contributed by atoms with E-state index in [4.69, 9.17) is 4.42 Å². The molecule has 1 amide bonds. The summed E-state index contributed by atoms with van der Waals surface area (Å²) in [7, 11) is 1.68. The van der Waals surface area contributed by atoms with Crippen molar-refractivity contribution in [3.8, 4) is 0 Å². The predicted molar refractivity (Wildman–Crippen MR) is 123 cm³/mol. The second-order valence-electron chi connectivity index (χ2n) is 8.82. The highest BCUT2D eigenvalue weighted by Gasteiger charge is 2.21. The van der Waals surface area contributed by atoms with Gasteiger partial charge in [0.1, 0.15) is 11.6 Å². The fourth-order valence-electron chi connectivity index (χ4n) is 3.43. The molecule has 3 rings (SSSR count). The molecule has 0 radical (unpaired) electrons. The Labute approximate surface area is 188 Å². The number of carbonyl (C=O) groups is 1. The van der Waals surface area contributed by atoms with Gasteiger partial charge in [0.05, 0.1) is 12.7 Å². The van der Waals surface area contributed by atoms with Crippen LogP contribution in [0.15, 0.2) is 39.9 Å². The highest BCUT2D eigenvalue weighted by Crippen LogP contribution is 2.22. The van der Waals surface area contributed by atoms with Gasteiger partial charge < -0.3 is 24.9 Å². The number of nitrogens with one attached hydrogen (secondary N) is 2. The van der Waals surface area contributed by atoms with Gasteiger partial charge in [-0.2, -0.15) is 0 Å². The first-order chi connectivity index (χ1) is 15.3. The minimum atomic E-state index is -0.241. The molecule has 32 heavy (non-hydrogen) atoms. The molecule has 0 unspecified atom stereocenters. The molecule has 8 nitrogen and oxygen atoms in total. The Bertz CT molecular complexity index is 911. The number of hydrogen-bond acceptors (Lipinski definition) is 5. The monoisotopic (exact) mass is 444 g/mol. The largest absolute Gasteiger partial charge is 0.443 e. The summed E-state index contributed by atoms with van der Waals surface area (Å²) in [6.45, 7) is 9.90. The van der Waals surface area contributed by atoms with Crippen LogP contribution in [0.5, 0.6) is 0 Å². The van der Waals surface area contributed by atoms with E-state index in [2.05, 4.69) is 46.3 Å². The van der Waals surface area contributed by atoms with Crippen molar-refractivity contribution in [1.29, 1.82) is 0 Å². The van der Waals surface area contributed by atoms with Gasteiger partial charge in [-0.25, -0.2) is 9.37 Å². The minimum Gasteiger partial charge on any atom is -0.443 e. The van der Waals surface area contributed by atoms with Gasteiger partial charge in [-0.3, -0.25) is 9.79 Å². The average Bonchev–Trinajstić information content (AvgIpc) is 3.26. The van der Waals surface area contributed by atoms with Crippen LogP contribution in [-0.4, -0.2) is 61.5 Å². The fraction of sp³-hybridized carbons (Fsp3) is 0.522. The lowest BCUT2D eigenvalue weighted by atomic mass is 9.94. The summed E-state index contributed by atoms with van der Waals surface area (Å²) in [5, 5.41) is 6.32. The second kappa shape index (κ2) is 10.5. The molecule has 1 fully saturated rings. The SMILES string of the molecule is CN=C(NCCC(=O)N1CCN(c2ccc(F)cc2)CC1)NCc1ncc(C(C)(C)C)o1. The van der Waals surface area contributed by atoms with Crippen LogP contribution >= 0.6 is 0 Å². The Hall–Kier alpha value is -3.10. The molecule has 0 atom stereocenters. The Morgan fingerprint density at radius 3 is 2.44 bits per heavy atom. The number of anilines is 1. The van der Waals surface area contributed by atoms with E-state index in [0.29, 0.717) is 44.5 Å². The van der Waals surface area contributed by atoms with E-state index >= 15 is 0 Å². The van der Waals surface area contributed by atoms with E-state index in [1.165, 1.54) is 12.1 Å². The van der Waals surface area contributed by atoms with Crippen molar-refractivity contribution >= 4 is 17.6 Å². The lowest BCUT2D eigenvalue weighted by Gasteiger charge is -2.36. The maximum atomic E-state index is 13.1. The molecule has 1 aliphatic rings. The third-order valence-corrected chi connectivity index (χ3v) is 5.38. The molecular formula is C23H33FN6O2. The smallest absolute Gasteiger partial charge is 0.224 e. The van der Waals surface area contributed by atoms with Gasteiger partial charge >= 0.3 is 0 Å². The molecule has 1 saturated heterocycles. The van der Waals surface area contributed by atoms with E-state index in [1.54, 1.807) is 25.4 Å². The molecule has 1 aromatic heterocycles. The molecular weight excluding hydrogens is 411 g/mol. The molecule has 0 saturated carbocycles. The number of aromatic nitrogens is 1. The quantitative estimate of drug-likeness (QED) is 0.526. The summed E-state index contributed by atoms with van der Waals surface area (Å²) >= 11 is 0. The summed E-state index contributed by atoms with van der Waals surface area (Å²) in [5.41, 5.74) is 0.895. The summed E-state index contributed by atoms with van der Waals surface area (Å²) in [6.07, 6.45) is 2.13. The number of halogens is 1. The predicted octanol–water partition coefficient (Wildman–Crippen LogP) is 2.52. The highest BCUT2D eigenvalue weighted by atomic mass is 19.1. The normalized spacial score (nSPS) is 15.1. The molecule has 0 aliphatic carbocycles. The Kier molecular flexibility index (Phi) is 7.71. The van der Waals surface area contributed by atoms with E-state index in [9.17, 15) is 9.18 Å². The van der Waals surface area contributed by atoms with Crippen LogP contribution in [0.2, 0.25) is 0 Å². The Morgan fingerprint density at radius 2 is 1.84 bits per heavy atom. The Morgan fingerprint density at radius 1 is 1.16 bits per heavy atom. The maximum absolute atomic E-state index is 13.1. The molecule has 0 bridgehead atoms. The molecule has 9 heteroatoms. The number of amides is 1.